The number of piperidine rings is 1. The predicted molar refractivity (Wildman–Crippen MR) is 167 cm³/mol. The molecule has 2 aromatic carbocycles. The van der Waals surface area contributed by atoms with E-state index in [1.54, 1.807) is 0 Å². The first-order chi connectivity index (χ1) is 21.6. The Kier molecular flexibility index (Phi) is 6.92. The van der Waals surface area contributed by atoms with E-state index in [-0.39, 0.29) is 51.1 Å². The molecule has 0 unspecified atom stereocenters. The number of hydrogen-bond donors (Lipinski definition) is 2. The molecule has 5 heterocycles. The standard InChI is InChI=1S/C33H33BrF3N5O3/c34-26-24(36)4-3-18-9-20(43)10-22(25(18)26)28-27(37)29-23(14-38-28)30(41-7-1-5-32(16-41)12-21(44)13-32)40-31(39-29)45-17-33-6-2-8-42(33)15-19(35)11-33/h3-4,9-10,14,19,21,43-44H,1-2,5-8,11-13,15-17H2/t19-,21?,32?,33+/m1/s1. The van der Waals surface area contributed by atoms with Crippen molar-refractivity contribution in [2.75, 3.05) is 37.7 Å². The molecule has 8 rings (SSSR count). The SMILES string of the molecule is Oc1cc(-c2ncc3c(N4CCCC5(CC(O)C5)C4)nc(OC[C@@]45CCCN4C[C@H](F)C5)nc3c2F)c2c(Br)c(F)ccc2c1. The Balaban J connectivity index is 1.26. The molecule has 4 aliphatic rings. The zero-order valence-electron chi connectivity index (χ0n) is 24.6. The lowest BCUT2D eigenvalue weighted by molar-refractivity contribution is -0.0396. The number of phenolic OH excluding ortho intramolecular Hbond substituents is 1. The zero-order valence-corrected chi connectivity index (χ0v) is 26.2. The Bertz CT molecular complexity index is 1830. The van der Waals surface area contributed by atoms with Gasteiger partial charge in [0, 0.05) is 43.2 Å². The van der Waals surface area contributed by atoms with E-state index < -0.39 is 23.3 Å². The highest BCUT2D eigenvalue weighted by atomic mass is 79.9. The zero-order chi connectivity index (χ0) is 31.1. The lowest BCUT2D eigenvalue weighted by atomic mass is 9.62. The molecule has 2 N–H and O–H groups in total. The first-order valence-corrected chi connectivity index (χ1v) is 16.4. The number of nitrogens with zero attached hydrogens (tertiary/aromatic N) is 5. The van der Waals surface area contributed by atoms with Gasteiger partial charge in [0.2, 0.25) is 0 Å². The molecule has 45 heavy (non-hydrogen) atoms. The molecule has 0 bridgehead atoms. The van der Waals surface area contributed by atoms with Crippen LogP contribution in [0.5, 0.6) is 11.8 Å². The molecule has 3 aliphatic heterocycles. The molecule has 236 valence electrons. The van der Waals surface area contributed by atoms with Crippen LogP contribution in [0.15, 0.2) is 34.9 Å². The van der Waals surface area contributed by atoms with Gasteiger partial charge in [-0.1, -0.05) is 6.07 Å². The van der Waals surface area contributed by atoms with E-state index >= 15 is 4.39 Å². The number of benzene rings is 2. The van der Waals surface area contributed by atoms with Crippen molar-refractivity contribution in [3.8, 4) is 23.0 Å². The van der Waals surface area contributed by atoms with E-state index in [0.29, 0.717) is 60.9 Å². The van der Waals surface area contributed by atoms with Crippen LogP contribution in [-0.4, -0.2) is 80.7 Å². The molecular weight excluding hydrogens is 651 g/mol. The smallest absolute Gasteiger partial charge is 0.319 e. The molecule has 8 nitrogen and oxygen atoms in total. The first-order valence-electron chi connectivity index (χ1n) is 15.6. The summed E-state index contributed by atoms with van der Waals surface area (Å²) in [6, 6.07) is 5.63. The van der Waals surface area contributed by atoms with Gasteiger partial charge in [0.25, 0.3) is 0 Å². The van der Waals surface area contributed by atoms with E-state index in [0.717, 1.165) is 32.2 Å². The summed E-state index contributed by atoms with van der Waals surface area (Å²) in [6.45, 7) is 2.73. The number of halogens is 4. The van der Waals surface area contributed by atoms with Crippen LogP contribution in [0.3, 0.4) is 0 Å². The van der Waals surface area contributed by atoms with E-state index in [9.17, 15) is 19.0 Å². The highest BCUT2D eigenvalue weighted by Crippen LogP contribution is 2.49. The monoisotopic (exact) mass is 683 g/mol. The van der Waals surface area contributed by atoms with Crippen LogP contribution in [-0.2, 0) is 0 Å². The summed E-state index contributed by atoms with van der Waals surface area (Å²) in [7, 11) is 0. The Morgan fingerprint density at radius 3 is 2.71 bits per heavy atom. The number of phenols is 1. The third-order valence-electron chi connectivity index (χ3n) is 10.4. The summed E-state index contributed by atoms with van der Waals surface area (Å²) in [4.78, 5) is 18.1. The van der Waals surface area contributed by atoms with Gasteiger partial charge in [0.1, 0.15) is 41.4 Å². The molecular formula is C33H33BrF3N5O3. The molecule has 4 fully saturated rings. The molecule has 4 aromatic rings. The van der Waals surface area contributed by atoms with Gasteiger partial charge in [0.05, 0.1) is 21.5 Å². The molecule has 0 radical (unpaired) electrons. The number of alkyl halides is 1. The molecule has 2 aromatic heterocycles. The van der Waals surface area contributed by atoms with E-state index in [4.69, 9.17) is 9.72 Å². The third-order valence-corrected chi connectivity index (χ3v) is 11.2. The number of aromatic nitrogens is 3. The fourth-order valence-electron chi connectivity index (χ4n) is 8.39. The van der Waals surface area contributed by atoms with Crippen LogP contribution >= 0.6 is 15.9 Å². The van der Waals surface area contributed by atoms with Crippen LogP contribution < -0.4 is 9.64 Å². The van der Waals surface area contributed by atoms with Gasteiger partial charge in [-0.2, -0.15) is 9.97 Å². The summed E-state index contributed by atoms with van der Waals surface area (Å²) in [5, 5.41) is 21.9. The van der Waals surface area contributed by atoms with Crippen molar-refractivity contribution in [2.45, 2.75) is 62.8 Å². The summed E-state index contributed by atoms with van der Waals surface area (Å²) in [5.41, 5.74) is -0.359. The van der Waals surface area contributed by atoms with Crippen LogP contribution in [0.2, 0.25) is 0 Å². The molecule has 12 heteroatoms. The Morgan fingerprint density at radius 2 is 1.89 bits per heavy atom. The summed E-state index contributed by atoms with van der Waals surface area (Å²) in [5.74, 6) is -0.898. The van der Waals surface area contributed by atoms with E-state index in [1.165, 1.54) is 30.5 Å². The first kappa shape index (κ1) is 29.2. The number of aliphatic hydroxyl groups is 1. The molecule has 1 saturated carbocycles. The predicted octanol–water partition coefficient (Wildman–Crippen LogP) is 6.29. The maximum absolute atomic E-state index is 16.8. The number of anilines is 1. The van der Waals surface area contributed by atoms with Crippen molar-refractivity contribution < 1.29 is 28.1 Å². The second-order valence-electron chi connectivity index (χ2n) is 13.4. The molecule has 0 amide bonds. The largest absolute Gasteiger partial charge is 0.508 e. The van der Waals surface area contributed by atoms with Gasteiger partial charge in [-0.3, -0.25) is 9.88 Å². The summed E-state index contributed by atoms with van der Waals surface area (Å²) in [6.07, 6.45) is 5.76. The topological polar surface area (TPSA) is 94.8 Å². The summed E-state index contributed by atoms with van der Waals surface area (Å²) >= 11 is 3.30. The van der Waals surface area contributed by atoms with Crippen molar-refractivity contribution in [1.82, 2.24) is 19.9 Å². The number of aliphatic hydroxyl groups excluding tert-OH is 1. The Hall–Kier alpha value is -3.22. The van der Waals surface area contributed by atoms with Crippen molar-refractivity contribution in [2.24, 2.45) is 5.41 Å². The fraction of sp³-hybridized carbons (Fsp3) is 0.485. The summed E-state index contributed by atoms with van der Waals surface area (Å²) < 4.78 is 52.2. The minimum atomic E-state index is -0.920. The van der Waals surface area contributed by atoms with Crippen molar-refractivity contribution in [3.05, 3.63) is 46.6 Å². The lowest BCUT2D eigenvalue weighted by Crippen LogP contribution is -2.52. The van der Waals surface area contributed by atoms with E-state index in [2.05, 4.69) is 35.7 Å². The van der Waals surface area contributed by atoms with Gasteiger partial charge in [-0.25, -0.2) is 13.2 Å². The molecule has 1 spiro atoms. The molecule has 3 saturated heterocycles. The minimum absolute atomic E-state index is 0.00153. The Morgan fingerprint density at radius 1 is 1.07 bits per heavy atom. The van der Waals surface area contributed by atoms with Crippen LogP contribution in [0.4, 0.5) is 19.0 Å². The second kappa shape index (κ2) is 10.7. The van der Waals surface area contributed by atoms with Gasteiger partial charge in [-0.05, 0) is 90.0 Å². The average molecular weight is 685 g/mol. The maximum Gasteiger partial charge on any atom is 0.319 e. The number of hydrogen-bond acceptors (Lipinski definition) is 8. The number of ether oxygens (including phenoxy) is 1. The highest BCUT2D eigenvalue weighted by Gasteiger charge is 2.50. The normalized spacial score (nSPS) is 28.2. The molecule has 2 atom stereocenters. The number of fused-ring (bicyclic) bond motifs is 3. The van der Waals surface area contributed by atoms with Crippen LogP contribution in [0, 0.1) is 17.0 Å². The van der Waals surface area contributed by atoms with Gasteiger partial charge in [0.15, 0.2) is 5.82 Å². The van der Waals surface area contributed by atoms with Crippen molar-refractivity contribution >= 4 is 43.4 Å². The van der Waals surface area contributed by atoms with Crippen LogP contribution in [0.25, 0.3) is 32.9 Å². The number of pyridine rings is 1. The fourth-order valence-corrected chi connectivity index (χ4v) is 8.97. The number of aromatic hydroxyl groups is 1. The van der Waals surface area contributed by atoms with Gasteiger partial charge < -0.3 is 19.8 Å². The van der Waals surface area contributed by atoms with Crippen molar-refractivity contribution in [1.29, 1.82) is 0 Å². The number of rotatable bonds is 5. The van der Waals surface area contributed by atoms with Crippen molar-refractivity contribution in [3.63, 3.8) is 0 Å². The average Bonchev–Trinajstić information content (AvgIpc) is 3.53. The minimum Gasteiger partial charge on any atom is -0.508 e. The van der Waals surface area contributed by atoms with E-state index in [1.807, 2.05) is 0 Å². The van der Waals surface area contributed by atoms with Crippen LogP contribution in [0.1, 0.15) is 44.9 Å². The third kappa shape index (κ3) is 4.82. The second-order valence-corrected chi connectivity index (χ2v) is 14.2. The maximum atomic E-state index is 16.8. The molecule has 1 aliphatic carbocycles. The Labute approximate surface area is 266 Å². The highest BCUT2D eigenvalue weighted by molar-refractivity contribution is 9.10. The van der Waals surface area contributed by atoms with Gasteiger partial charge in [-0.15, -0.1) is 0 Å². The quantitative estimate of drug-likeness (QED) is 0.254. The van der Waals surface area contributed by atoms with Gasteiger partial charge >= 0.3 is 6.01 Å². The lowest BCUT2D eigenvalue weighted by Gasteiger charge is -2.51.